The van der Waals surface area contributed by atoms with E-state index in [0.29, 0.717) is 22.5 Å². The number of aromatic nitrogens is 5. The summed E-state index contributed by atoms with van der Waals surface area (Å²) in [6.45, 7) is 10.1. The Labute approximate surface area is 139 Å². The number of rotatable bonds is 2. The molecule has 124 valence electrons. The van der Waals surface area contributed by atoms with Gasteiger partial charge in [-0.2, -0.15) is 10.4 Å². The van der Waals surface area contributed by atoms with Gasteiger partial charge in [-0.05, 0) is 26.7 Å². The van der Waals surface area contributed by atoms with Crippen LogP contribution in [0.3, 0.4) is 0 Å². The molecular formula is C17H20N6O. The molecule has 0 spiro atoms. The number of nitrogens with one attached hydrogen (secondary N) is 1. The molecule has 0 bridgehead atoms. The first kappa shape index (κ1) is 16.0. The third-order valence-electron chi connectivity index (χ3n) is 3.94. The smallest absolute Gasteiger partial charge is 0.276 e. The summed E-state index contributed by atoms with van der Waals surface area (Å²) < 4.78 is 3.17. The van der Waals surface area contributed by atoms with Crippen LogP contribution in [0.5, 0.6) is 0 Å². The van der Waals surface area contributed by atoms with Crippen molar-refractivity contribution >= 4 is 5.65 Å². The Balaban J connectivity index is 2.34. The van der Waals surface area contributed by atoms with Gasteiger partial charge >= 0.3 is 0 Å². The fourth-order valence-corrected chi connectivity index (χ4v) is 2.66. The highest BCUT2D eigenvalue weighted by molar-refractivity contribution is 5.67. The lowest BCUT2D eigenvalue weighted by atomic mass is 10.00. The Morgan fingerprint density at radius 1 is 1.33 bits per heavy atom. The summed E-state index contributed by atoms with van der Waals surface area (Å²) in [5, 5.41) is 16.4. The molecule has 0 amide bonds. The maximum Gasteiger partial charge on any atom is 0.276 e. The predicted molar refractivity (Wildman–Crippen MR) is 90.8 cm³/mol. The van der Waals surface area contributed by atoms with Gasteiger partial charge in [0.2, 0.25) is 0 Å². The van der Waals surface area contributed by atoms with Crippen LogP contribution < -0.4 is 5.56 Å². The van der Waals surface area contributed by atoms with Crippen LogP contribution in [0, 0.1) is 11.3 Å². The highest BCUT2D eigenvalue weighted by atomic mass is 16.1. The van der Waals surface area contributed by atoms with Crippen LogP contribution in [0.2, 0.25) is 0 Å². The molecule has 0 aromatic carbocycles. The Morgan fingerprint density at radius 2 is 2.04 bits per heavy atom. The molecule has 24 heavy (non-hydrogen) atoms. The van der Waals surface area contributed by atoms with Gasteiger partial charge in [0.15, 0.2) is 5.65 Å². The summed E-state index contributed by atoms with van der Waals surface area (Å²) in [6, 6.07) is 2.06. The van der Waals surface area contributed by atoms with Crippen LogP contribution in [0.1, 0.15) is 51.7 Å². The standard InChI is InChI=1S/C17H20N6O/c1-10(2)13-14(12-8-19-22(9-12)17(3,4)5)21-15-11(6-18)7-20-23(15)16(13)24/h7-10,20H,1-5H3. The molecule has 0 fully saturated rings. The number of hydrogen-bond donors (Lipinski definition) is 1. The van der Waals surface area contributed by atoms with E-state index >= 15 is 0 Å². The SMILES string of the molecule is CC(C)c1c(-c2cnn(C(C)(C)C)c2)nc2c(C#N)c[nH]n2c1=O. The maximum absolute atomic E-state index is 12.9. The van der Waals surface area contributed by atoms with Crippen molar-refractivity contribution in [3.63, 3.8) is 0 Å². The normalized spacial score (nSPS) is 12.0. The molecular weight excluding hydrogens is 304 g/mol. The summed E-state index contributed by atoms with van der Waals surface area (Å²) >= 11 is 0. The third-order valence-corrected chi connectivity index (χ3v) is 3.94. The van der Waals surface area contributed by atoms with Gasteiger partial charge in [0.1, 0.15) is 11.6 Å². The molecule has 3 rings (SSSR count). The van der Waals surface area contributed by atoms with Crippen LogP contribution >= 0.6 is 0 Å². The van der Waals surface area contributed by atoms with Crippen molar-refractivity contribution in [2.24, 2.45) is 0 Å². The highest BCUT2D eigenvalue weighted by Gasteiger charge is 2.22. The first-order valence-corrected chi connectivity index (χ1v) is 7.83. The first-order valence-electron chi connectivity index (χ1n) is 7.83. The summed E-state index contributed by atoms with van der Waals surface area (Å²) in [7, 11) is 0. The molecule has 0 aliphatic rings. The van der Waals surface area contributed by atoms with E-state index < -0.39 is 0 Å². The van der Waals surface area contributed by atoms with E-state index in [2.05, 4.69) is 42.0 Å². The molecule has 0 aliphatic carbocycles. The molecule has 3 aromatic rings. The van der Waals surface area contributed by atoms with Crippen molar-refractivity contribution in [1.29, 1.82) is 5.26 Å². The summed E-state index contributed by atoms with van der Waals surface area (Å²) in [6.07, 6.45) is 5.10. The minimum absolute atomic E-state index is 0.0104. The number of H-pyrrole nitrogens is 1. The fourth-order valence-electron chi connectivity index (χ4n) is 2.66. The zero-order valence-electron chi connectivity index (χ0n) is 14.5. The molecule has 7 nitrogen and oxygen atoms in total. The average Bonchev–Trinajstić information content (AvgIpc) is 3.12. The van der Waals surface area contributed by atoms with Crippen molar-refractivity contribution < 1.29 is 0 Å². The van der Waals surface area contributed by atoms with Gasteiger partial charge in [-0.3, -0.25) is 14.6 Å². The van der Waals surface area contributed by atoms with Crippen molar-refractivity contribution in [3.8, 4) is 17.3 Å². The Bertz CT molecular complexity index is 1010. The highest BCUT2D eigenvalue weighted by Crippen LogP contribution is 2.27. The van der Waals surface area contributed by atoms with Crippen molar-refractivity contribution in [3.05, 3.63) is 40.1 Å². The second-order valence-electron chi connectivity index (χ2n) is 7.14. The van der Waals surface area contributed by atoms with Gasteiger partial charge < -0.3 is 0 Å². The number of nitrogens with zero attached hydrogens (tertiary/aromatic N) is 5. The molecule has 7 heteroatoms. The van der Waals surface area contributed by atoms with Crippen molar-refractivity contribution in [1.82, 2.24) is 24.4 Å². The van der Waals surface area contributed by atoms with E-state index in [1.165, 1.54) is 10.7 Å². The van der Waals surface area contributed by atoms with Gasteiger partial charge in [0.25, 0.3) is 5.56 Å². The van der Waals surface area contributed by atoms with Gasteiger partial charge in [-0.15, -0.1) is 0 Å². The van der Waals surface area contributed by atoms with Gasteiger partial charge in [-0.25, -0.2) is 9.50 Å². The fraction of sp³-hybridized carbons (Fsp3) is 0.412. The monoisotopic (exact) mass is 324 g/mol. The van der Waals surface area contributed by atoms with Gasteiger partial charge in [0.05, 0.1) is 17.4 Å². The van der Waals surface area contributed by atoms with Crippen LogP contribution in [-0.2, 0) is 5.54 Å². The van der Waals surface area contributed by atoms with Crippen LogP contribution in [-0.4, -0.2) is 24.4 Å². The zero-order chi connectivity index (χ0) is 17.6. The number of fused-ring (bicyclic) bond motifs is 1. The van der Waals surface area contributed by atoms with Crippen LogP contribution in [0.25, 0.3) is 16.9 Å². The molecule has 0 saturated carbocycles. The lowest BCUT2D eigenvalue weighted by Crippen LogP contribution is -2.23. The molecule has 1 N–H and O–H groups in total. The molecule has 0 unspecified atom stereocenters. The molecule has 0 radical (unpaired) electrons. The summed E-state index contributed by atoms with van der Waals surface area (Å²) in [4.78, 5) is 17.5. The van der Waals surface area contributed by atoms with E-state index in [0.717, 1.165) is 5.56 Å². The molecule has 3 heterocycles. The van der Waals surface area contributed by atoms with E-state index in [9.17, 15) is 10.1 Å². The average molecular weight is 324 g/mol. The van der Waals surface area contributed by atoms with E-state index in [-0.39, 0.29) is 17.0 Å². The zero-order valence-corrected chi connectivity index (χ0v) is 14.5. The number of nitriles is 1. The predicted octanol–water partition coefficient (Wildman–Crippen LogP) is 2.64. The van der Waals surface area contributed by atoms with Gasteiger partial charge in [0, 0.05) is 23.5 Å². The largest absolute Gasteiger partial charge is 0.295 e. The van der Waals surface area contributed by atoms with E-state index in [1.807, 2.05) is 24.7 Å². The van der Waals surface area contributed by atoms with Crippen LogP contribution in [0.15, 0.2) is 23.4 Å². The second kappa shape index (κ2) is 5.34. The van der Waals surface area contributed by atoms with Crippen molar-refractivity contribution in [2.75, 3.05) is 0 Å². The lowest BCUT2D eigenvalue weighted by molar-refractivity contribution is 0.355. The molecule has 0 atom stereocenters. The van der Waals surface area contributed by atoms with Gasteiger partial charge in [-0.1, -0.05) is 13.8 Å². The summed E-state index contributed by atoms with van der Waals surface area (Å²) in [5.74, 6) is -0.0104. The molecule has 0 saturated heterocycles. The Kier molecular flexibility index (Phi) is 3.56. The minimum Gasteiger partial charge on any atom is -0.295 e. The summed E-state index contributed by atoms with van der Waals surface area (Å²) in [5.41, 5.74) is 2.29. The minimum atomic E-state index is -0.185. The van der Waals surface area contributed by atoms with E-state index in [1.54, 1.807) is 6.20 Å². The van der Waals surface area contributed by atoms with E-state index in [4.69, 9.17) is 0 Å². The van der Waals surface area contributed by atoms with Crippen molar-refractivity contribution in [2.45, 2.75) is 46.1 Å². The van der Waals surface area contributed by atoms with Crippen LogP contribution in [0.4, 0.5) is 0 Å². The molecule has 3 aromatic heterocycles. The Morgan fingerprint density at radius 3 is 2.58 bits per heavy atom. The lowest BCUT2D eigenvalue weighted by Gasteiger charge is -2.18. The number of hydrogen-bond acceptors (Lipinski definition) is 4. The number of aromatic amines is 1. The molecule has 0 aliphatic heterocycles. The Hall–Kier alpha value is -2.88. The third kappa shape index (κ3) is 2.40. The quantitative estimate of drug-likeness (QED) is 0.784. The first-order chi connectivity index (χ1) is 11.2. The topological polar surface area (TPSA) is 91.8 Å². The maximum atomic E-state index is 12.9. The second-order valence-corrected chi connectivity index (χ2v) is 7.14.